The summed E-state index contributed by atoms with van der Waals surface area (Å²) in [5.74, 6) is -1.69. The number of urea groups is 1. The van der Waals surface area contributed by atoms with Crippen LogP contribution in [0.15, 0.2) is 0 Å². The molecule has 1 rings (SSSR count). The molecule has 0 bridgehead atoms. The molecule has 8 heteroatoms. The first-order valence-corrected chi connectivity index (χ1v) is 6.85. The minimum absolute atomic E-state index is 0.199. The first-order valence-electron chi connectivity index (χ1n) is 6.85. The third-order valence-electron chi connectivity index (χ3n) is 4.10. The van der Waals surface area contributed by atoms with Crippen molar-refractivity contribution >= 4 is 12.0 Å². The fraction of sp³-hybridized carbons (Fsp3) is 0.846. The van der Waals surface area contributed by atoms with Gasteiger partial charge in [-0.2, -0.15) is 13.2 Å². The maximum atomic E-state index is 13.0. The first-order chi connectivity index (χ1) is 9.55. The van der Waals surface area contributed by atoms with Gasteiger partial charge in [-0.3, -0.25) is 4.79 Å². The van der Waals surface area contributed by atoms with Gasteiger partial charge in [0, 0.05) is 26.7 Å². The Hall–Kier alpha value is -1.47. The van der Waals surface area contributed by atoms with E-state index in [0.717, 1.165) is 11.3 Å². The van der Waals surface area contributed by atoms with Gasteiger partial charge in [0.25, 0.3) is 0 Å². The van der Waals surface area contributed by atoms with Crippen LogP contribution < -0.4 is 0 Å². The number of nitrogens with zero attached hydrogens (tertiary/aromatic N) is 2. The van der Waals surface area contributed by atoms with E-state index in [1.54, 1.807) is 0 Å². The van der Waals surface area contributed by atoms with Crippen molar-refractivity contribution in [3.05, 3.63) is 0 Å². The summed E-state index contributed by atoms with van der Waals surface area (Å²) in [7, 11) is 1.52. The van der Waals surface area contributed by atoms with Crippen LogP contribution in [-0.4, -0.2) is 59.8 Å². The Labute approximate surface area is 121 Å². The standard InChI is InChI=1S/C13H21F3N2O3/c1-4-9(2)7-17(3)11(21)18-6-5-12(8-18,10(19)20)13(14,15)16/h9H,4-8H2,1-3H3,(H,19,20). The van der Waals surface area contributed by atoms with E-state index in [4.69, 9.17) is 5.11 Å². The maximum absolute atomic E-state index is 13.0. The normalized spacial score (nSPS) is 24.0. The van der Waals surface area contributed by atoms with E-state index in [1.165, 1.54) is 11.9 Å². The van der Waals surface area contributed by atoms with Gasteiger partial charge in [-0.1, -0.05) is 20.3 Å². The SMILES string of the molecule is CCC(C)CN(C)C(=O)N1CCC(C(=O)O)(C(F)(F)F)C1. The van der Waals surface area contributed by atoms with E-state index < -0.39 is 36.6 Å². The highest BCUT2D eigenvalue weighted by Gasteiger charge is 2.64. The Bertz CT molecular complexity index is 414. The smallest absolute Gasteiger partial charge is 0.406 e. The molecule has 0 aliphatic carbocycles. The molecule has 0 aromatic carbocycles. The molecule has 1 N–H and O–H groups in total. The second-order valence-electron chi connectivity index (χ2n) is 5.73. The van der Waals surface area contributed by atoms with Crippen molar-refractivity contribution in [3.8, 4) is 0 Å². The average molecular weight is 310 g/mol. The number of hydrogen-bond donors (Lipinski definition) is 1. The third kappa shape index (κ3) is 3.41. The van der Waals surface area contributed by atoms with Crippen molar-refractivity contribution in [2.24, 2.45) is 11.3 Å². The molecule has 0 radical (unpaired) electrons. The molecule has 1 aliphatic rings. The summed E-state index contributed by atoms with van der Waals surface area (Å²) in [6, 6.07) is -0.553. The minimum atomic E-state index is -4.87. The lowest BCUT2D eigenvalue weighted by molar-refractivity contribution is -0.227. The molecule has 1 fully saturated rings. The van der Waals surface area contributed by atoms with Crippen molar-refractivity contribution < 1.29 is 27.9 Å². The number of halogens is 3. The lowest BCUT2D eigenvalue weighted by Crippen LogP contribution is -2.49. The van der Waals surface area contributed by atoms with Gasteiger partial charge in [-0.15, -0.1) is 0 Å². The van der Waals surface area contributed by atoms with Crippen molar-refractivity contribution in [1.82, 2.24) is 9.80 Å². The largest absolute Gasteiger partial charge is 0.481 e. The van der Waals surface area contributed by atoms with Gasteiger partial charge in [-0.25, -0.2) is 4.79 Å². The molecule has 2 atom stereocenters. The number of amides is 2. The summed E-state index contributed by atoms with van der Waals surface area (Å²) >= 11 is 0. The van der Waals surface area contributed by atoms with Crippen molar-refractivity contribution in [3.63, 3.8) is 0 Å². The molecule has 0 aromatic heterocycles. The van der Waals surface area contributed by atoms with Crippen molar-refractivity contribution in [2.45, 2.75) is 32.9 Å². The fourth-order valence-electron chi connectivity index (χ4n) is 2.42. The van der Waals surface area contributed by atoms with Gasteiger partial charge < -0.3 is 14.9 Å². The van der Waals surface area contributed by atoms with Crippen LogP contribution in [0.1, 0.15) is 26.7 Å². The zero-order valence-corrected chi connectivity index (χ0v) is 12.4. The van der Waals surface area contributed by atoms with Crippen LogP contribution in [0.3, 0.4) is 0 Å². The molecular formula is C13H21F3N2O3. The number of carbonyl (C=O) groups excluding carboxylic acids is 1. The van der Waals surface area contributed by atoms with Crippen molar-refractivity contribution in [2.75, 3.05) is 26.7 Å². The Balaban J connectivity index is 2.81. The van der Waals surface area contributed by atoms with Gasteiger partial charge in [0.15, 0.2) is 5.41 Å². The number of aliphatic carboxylic acids is 1. The number of rotatable bonds is 4. The molecule has 2 amide bonds. The zero-order chi connectivity index (χ0) is 16.4. The Morgan fingerprint density at radius 3 is 2.38 bits per heavy atom. The topological polar surface area (TPSA) is 60.9 Å². The molecule has 21 heavy (non-hydrogen) atoms. The Morgan fingerprint density at radius 2 is 2.00 bits per heavy atom. The number of carboxylic acids is 1. The quantitative estimate of drug-likeness (QED) is 0.867. The highest BCUT2D eigenvalue weighted by atomic mass is 19.4. The minimum Gasteiger partial charge on any atom is -0.481 e. The third-order valence-corrected chi connectivity index (χ3v) is 4.10. The van der Waals surface area contributed by atoms with Crippen LogP contribution in [-0.2, 0) is 4.79 Å². The van der Waals surface area contributed by atoms with Gasteiger partial charge in [0.2, 0.25) is 0 Å². The van der Waals surface area contributed by atoms with Crippen molar-refractivity contribution in [1.29, 1.82) is 0 Å². The highest BCUT2D eigenvalue weighted by Crippen LogP contribution is 2.45. The zero-order valence-electron chi connectivity index (χ0n) is 12.4. The van der Waals surface area contributed by atoms with Crippen LogP contribution in [0, 0.1) is 11.3 Å². The molecule has 0 aromatic rings. The first kappa shape index (κ1) is 17.6. The van der Waals surface area contributed by atoms with Crippen LogP contribution >= 0.6 is 0 Å². The van der Waals surface area contributed by atoms with Crippen LogP contribution in [0.2, 0.25) is 0 Å². The maximum Gasteiger partial charge on any atom is 0.406 e. The summed E-state index contributed by atoms with van der Waals surface area (Å²) in [6.07, 6.45) is -4.63. The molecule has 1 aliphatic heterocycles. The van der Waals surface area contributed by atoms with Crippen LogP contribution in [0.25, 0.3) is 0 Å². The van der Waals surface area contributed by atoms with E-state index in [9.17, 15) is 22.8 Å². The van der Waals surface area contributed by atoms with Crippen LogP contribution in [0.4, 0.5) is 18.0 Å². The molecule has 1 saturated heterocycles. The van der Waals surface area contributed by atoms with Gasteiger partial charge in [-0.05, 0) is 12.3 Å². The predicted molar refractivity (Wildman–Crippen MR) is 69.8 cm³/mol. The summed E-state index contributed by atoms with van der Waals surface area (Å²) in [5.41, 5.74) is -2.85. The molecule has 1 heterocycles. The highest BCUT2D eigenvalue weighted by molar-refractivity contribution is 5.80. The number of carbonyl (C=O) groups is 2. The molecule has 122 valence electrons. The van der Waals surface area contributed by atoms with Gasteiger partial charge >= 0.3 is 18.2 Å². The lowest BCUT2D eigenvalue weighted by atomic mass is 9.86. The van der Waals surface area contributed by atoms with E-state index in [-0.39, 0.29) is 12.5 Å². The average Bonchev–Trinajstić information content (AvgIpc) is 2.83. The number of hydrogen-bond acceptors (Lipinski definition) is 2. The number of likely N-dealkylation sites (tertiary alicyclic amines) is 1. The summed E-state index contributed by atoms with van der Waals surface area (Å²) in [4.78, 5) is 25.5. The molecule has 0 saturated carbocycles. The Kier molecular flexibility index (Phi) is 5.11. The van der Waals surface area contributed by atoms with E-state index >= 15 is 0 Å². The molecule has 2 unspecified atom stereocenters. The molecule has 0 spiro atoms. The van der Waals surface area contributed by atoms with E-state index in [0.29, 0.717) is 6.54 Å². The summed E-state index contributed by atoms with van der Waals surface area (Å²) < 4.78 is 39.1. The fourth-order valence-corrected chi connectivity index (χ4v) is 2.42. The van der Waals surface area contributed by atoms with Gasteiger partial charge in [0.1, 0.15) is 0 Å². The number of carboxylic acid groups (broad SMARTS) is 1. The summed E-state index contributed by atoms with van der Waals surface area (Å²) in [5, 5.41) is 8.95. The molecule has 5 nitrogen and oxygen atoms in total. The second kappa shape index (κ2) is 6.11. The summed E-state index contributed by atoms with van der Waals surface area (Å²) in [6.45, 7) is 3.30. The van der Waals surface area contributed by atoms with E-state index in [1.807, 2.05) is 13.8 Å². The second-order valence-corrected chi connectivity index (χ2v) is 5.73. The lowest BCUT2D eigenvalue weighted by Gasteiger charge is -2.29. The molecular weight excluding hydrogens is 289 g/mol. The van der Waals surface area contributed by atoms with Crippen LogP contribution in [0.5, 0.6) is 0 Å². The predicted octanol–water partition coefficient (Wildman–Crippen LogP) is 2.42. The Morgan fingerprint density at radius 1 is 1.43 bits per heavy atom. The van der Waals surface area contributed by atoms with Gasteiger partial charge in [0.05, 0.1) is 0 Å². The number of alkyl halides is 3. The van der Waals surface area contributed by atoms with E-state index in [2.05, 4.69) is 0 Å². The monoisotopic (exact) mass is 310 g/mol.